The van der Waals surface area contributed by atoms with Gasteiger partial charge < -0.3 is 14.2 Å². The third-order valence-corrected chi connectivity index (χ3v) is 4.97. The van der Waals surface area contributed by atoms with Crippen LogP contribution in [0.2, 0.25) is 0 Å². The van der Waals surface area contributed by atoms with Gasteiger partial charge in [-0.15, -0.1) is 11.3 Å². The first-order chi connectivity index (χ1) is 14.1. The van der Waals surface area contributed by atoms with Gasteiger partial charge in [-0.3, -0.25) is 10.1 Å². The molecule has 0 fully saturated rings. The fraction of sp³-hybridized carbons (Fsp3) is 0.190. The Kier molecular flexibility index (Phi) is 5.44. The fourth-order valence-electron chi connectivity index (χ4n) is 2.71. The van der Waals surface area contributed by atoms with Crippen LogP contribution in [0.4, 0.5) is 5.13 Å². The van der Waals surface area contributed by atoms with Crippen LogP contribution in [-0.4, -0.2) is 36.2 Å². The number of ether oxygens (including phenoxy) is 3. The van der Waals surface area contributed by atoms with Gasteiger partial charge in [0.15, 0.2) is 23.2 Å². The molecule has 4 rings (SSSR count). The first-order valence-electron chi connectivity index (χ1n) is 8.96. The van der Waals surface area contributed by atoms with Gasteiger partial charge in [-0.1, -0.05) is 42.0 Å². The van der Waals surface area contributed by atoms with E-state index in [0.29, 0.717) is 16.6 Å². The number of carbonyl (C=O) groups is 2. The third kappa shape index (κ3) is 4.55. The Hall–Kier alpha value is -3.39. The Morgan fingerprint density at radius 3 is 2.72 bits per heavy atom. The van der Waals surface area contributed by atoms with E-state index in [-0.39, 0.29) is 6.61 Å². The monoisotopic (exact) mass is 410 g/mol. The van der Waals surface area contributed by atoms with Crippen molar-refractivity contribution in [3.8, 4) is 22.8 Å². The zero-order valence-corrected chi connectivity index (χ0v) is 16.4. The second-order valence-corrected chi connectivity index (χ2v) is 7.28. The van der Waals surface area contributed by atoms with E-state index in [9.17, 15) is 9.59 Å². The highest BCUT2D eigenvalue weighted by Crippen LogP contribution is 2.31. The highest BCUT2D eigenvalue weighted by molar-refractivity contribution is 7.14. The third-order valence-electron chi connectivity index (χ3n) is 4.21. The van der Waals surface area contributed by atoms with Crippen molar-refractivity contribution in [3.63, 3.8) is 0 Å². The average Bonchev–Trinajstić information content (AvgIpc) is 3.20. The molecule has 148 valence electrons. The summed E-state index contributed by atoms with van der Waals surface area (Å²) in [5.41, 5.74) is 2.90. The van der Waals surface area contributed by atoms with Gasteiger partial charge in [0.25, 0.3) is 5.91 Å². The summed E-state index contributed by atoms with van der Waals surface area (Å²) in [6.07, 6.45) is -0.911. The van der Waals surface area contributed by atoms with Gasteiger partial charge in [0, 0.05) is 10.9 Å². The van der Waals surface area contributed by atoms with Crippen molar-refractivity contribution >= 4 is 28.3 Å². The van der Waals surface area contributed by atoms with Crippen molar-refractivity contribution < 1.29 is 23.8 Å². The number of carbonyl (C=O) groups excluding carboxylic acids is 2. The Morgan fingerprint density at radius 1 is 1.17 bits per heavy atom. The molecule has 2 heterocycles. The van der Waals surface area contributed by atoms with Crippen molar-refractivity contribution in [1.29, 1.82) is 0 Å². The summed E-state index contributed by atoms with van der Waals surface area (Å²) in [6.45, 7) is 1.62. The minimum absolute atomic E-state index is 0.0316. The van der Waals surface area contributed by atoms with Gasteiger partial charge >= 0.3 is 5.97 Å². The molecular weight excluding hydrogens is 392 g/mol. The second kappa shape index (κ2) is 8.32. The lowest BCUT2D eigenvalue weighted by atomic mass is 10.1. The van der Waals surface area contributed by atoms with Gasteiger partial charge in [0.1, 0.15) is 6.61 Å². The molecule has 1 unspecified atom stereocenters. The minimum atomic E-state index is -0.911. The van der Waals surface area contributed by atoms with Crippen LogP contribution in [0.25, 0.3) is 11.3 Å². The molecule has 0 bridgehead atoms. The molecule has 1 aromatic heterocycles. The van der Waals surface area contributed by atoms with Crippen molar-refractivity contribution in [1.82, 2.24) is 4.98 Å². The van der Waals surface area contributed by atoms with Crippen molar-refractivity contribution in [2.45, 2.75) is 13.0 Å². The highest BCUT2D eigenvalue weighted by Gasteiger charge is 2.29. The zero-order chi connectivity index (χ0) is 20.2. The quantitative estimate of drug-likeness (QED) is 0.649. The lowest BCUT2D eigenvalue weighted by Crippen LogP contribution is -2.39. The van der Waals surface area contributed by atoms with Gasteiger partial charge in [-0.05, 0) is 19.1 Å². The Labute approximate surface area is 171 Å². The van der Waals surface area contributed by atoms with E-state index < -0.39 is 24.6 Å². The van der Waals surface area contributed by atoms with Crippen LogP contribution in [0, 0.1) is 6.92 Å². The summed E-state index contributed by atoms with van der Waals surface area (Å²) < 4.78 is 16.1. The molecular formula is C21H18N2O5S. The normalized spacial score (nSPS) is 14.9. The van der Waals surface area contributed by atoms with Crippen LogP contribution in [0.15, 0.2) is 53.9 Å². The number of benzene rings is 2. The predicted molar refractivity (Wildman–Crippen MR) is 108 cm³/mol. The van der Waals surface area contributed by atoms with Gasteiger partial charge in [0.2, 0.25) is 6.10 Å². The van der Waals surface area contributed by atoms with Crippen LogP contribution in [0.1, 0.15) is 5.56 Å². The van der Waals surface area contributed by atoms with Crippen LogP contribution in [-0.2, 0) is 14.3 Å². The lowest BCUT2D eigenvalue weighted by Gasteiger charge is -2.24. The summed E-state index contributed by atoms with van der Waals surface area (Å²) in [6, 6.07) is 15.0. The smallest absolute Gasteiger partial charge is 0.351 e. The van der Waals surface area contributed by atoms with Crippen LogP contribution < -0.4 is 14.8 Å². The fourth-order valence-corrected chi connectivity index (χ4v) is 3.44. The van der Waals surface area contributed by atoms with E-state index in [1.807, 2.05) is 42.6 Å². The number of nitrogens with zero attached hydrogens (tertiary/aromatic N) is 1. The number of nitrogens with one attached hydrogen (secondary N) is 1. The molecule has 1 N–H and O–H groups in total. The molecule has 1 aliphatic rings. The summed E-state index contributed by atoms with van der Waals surface area (Å²) in [4.78, 5) is 28.6. The highest BCUT2D eigenvalue weighted by atomic mass is 32.1. The minimum Gasteiger partial charge on any atom is -0.485 e. The molecule has 29 heavy (non-hydrogen) atoms. The van der Waals surface area contributed by atoms with Gasteiger partial charge in [-0.25, -0.2) is 9.78 Å². The summed E-state index contributed by atoms with van der Waals surface area (Å²) >= 11 is 1.30. The number of aryl methyl sites for hydroxylation is 1. The van der Waals surface area contributed by atoms with E-state index in [2.05, 4.69) is 10.3 Å². The number of rotatable bonds is 5. The molecule has 0 saturated carbocycles. The molecule has 1 atom stereocenters. The number of hydrogen-bond acceptors (Lipinski definition) is 7. The number of fused-ring (bicyclic) bond motifs is 1. The topological polar surface area (TPSA) is 86.8 Å². The molecule has 8 heteroatoms. The van der Waals surface area contributed by atoms with Crippen molar-refractivity contribution in [3.05, 3.63) is 59.5 Å². The van der Waals surface area contributed by atoms with Crippen LogP contribution in [0.5, 0.6) is 11.5 Å². The molecule has 7 nitrogen and oxygen atoms in total. The Morgan fingerprint density at radius 2 is 1.93 bits per heavy atom. The maximum Gasteiger partial charge on any atom is 0.351 e. The van der Waals surface area contributed by atoms with E-state index in [1.54, 1.807) is 18.2 Å². The second-order valence-electron chi connectivity index (χ2n) is 6.42. The van der Waals surface area contributed by atoms with Crippen molar-refractivity contribution in [2.75, 3.05) is 18.5 Å². The summed E-state index contributed by atoms with van der Waals surface area (Å²) in [5.74, 6) is -0.0894. The van der Waals surface area contributed by atoms with Crippen molar-refractivity contribution in [2.24, 2.45) is 0 Å². The number of hydrogen-bond donors (Lipinski definition) is 1. The van der Waals surface area contributed by atoms with E-state index in [4.69, 9.17) is 14.2 Å². The lowest BCUT2D eigenvalue weighted by molar-refractivity contribution is -0.156. The first kappa shape index (κ1) is 18.9. The van der Waals surface area contributed by atoms with E-state index in [1.165, 1.54) is 11.3 Å². The number of aromatic nitrogens is 1. The molecule has 1 aliphatic heterocycles. The Bertz CT molecular complexity index is 1030. The Balaban J connectivity index is 1.28. The maximum absolute atomic E-state index is 12.2. The number of thiazole rings is 1. The molecule has 0 radical (unpaired) electrons. The average molecular weight is 410 g/mol. The van der Waals surface area contributed by atoms with Gasteiger partial charge in [-0.2, -0.15) is 0 Å². The molecule has 2 aromatic carbocycles. The molecule has 0 spiro atoms. The standard InChI is InChI=1S/C21H18N2O5S/c1-13-6-8-14(9-7-13)15-12-29-21(22-15)23-19(24)11-27-20(25)18-10-26-16-4-2-3-5-17(16)28-18/h2-9,12,18H,10-11H2,1H3,(H,22,23,24). The SMILES string of the molecule is Cc1ccc(-c2csc(NC(=O)COC(=O)C3COc4ccccc4O3)n2)cc1. The number of para-hydroxylation sites is 2. The van der Waals surface area contributed by atoms with Crippen LogP contribution >= 0.6 is 11.3 Å². The zero-order valence-electron chi connectivity index (χ0n) is 15.6. The van der Waals surface area contributed by atoms with Crippen LogP contribution in [0.3, 0.4) is 0 Å². The predicted octanol–water partition coefficient (Wildman–Crippen LogP) is 3.44. The number of amides is 1. The maximum atomic E-state index is 12.2. The largest absolute Gasteiger partial charge is 0.485 e. The molecule has 3 aromatic rings. The van der Waals surface area contributed by atoms with E-state index >= 15 is 0 Å². The number of esters is 1. The summed E-state index contributed by atoms with van der Waals surface area (Å²) in [5, 5.41) is 4.93. The molecule has 1 amide bonds. The summed E-state index contributed by atoms with van der Waals surface area (Å²) in [7, 11) is 0. The molecule has 0 saturated heterocycles. The number of anilines is 1. The first-order valence-corrected chi connectivity index (χ1v) is 9.84. The molecule has 0 aliphatic carbocycles. The van der Waals surface area contributed by atoms with E-state index in [0.717, 1.165) is 16.8 Å². The van der Waals surface area contributed by atoms with Gasteiger partial charge in [0.05, 0.1) is 5.69 Å².